The Labute approximate surface area is 199 Å². The highest BCUT2D eigenvalue weighted by Gasteiger charge is 2.33. The summed E-state index contributed by atoms with van der Waals surface area (Å²) in [7, 11) is 0. The van der Waals surface area contributed by atoms with Gasteiger partial charge in [0.15, 0.2) is 0 Å². The molecule has 0 radical (unpaired) electrons. The van der Waals surface area contributed by atoms with E-state index in [0.29, 0.717) is 34.4 Å². The van der Waals surface area contributed by atoms with Crippen LogP contribution in [0, 0.1) is 11.3 Å². The van der Waals surface area contributed by atoms with Crippen molar-refractivity contribution in [3.63, 3.8) is 0 Å². The molecule has 1 heterocycles. The maximum atomic E-state index is 13.0. The van der Waals surface area contributed by atoms with Crippen LogP contribution in [-0.4, -0.2) is 11.8 Å². The molecule has 3 aromatic rings. The van der Waals surface area contributed by atoms with Gasteiger partial charge >= 0.3 is 0 Å². The summed E-state index contributed by atoms with van der Waals surface area (Å²) in [5.41, 5.74) is 8.91. The van der Waals surface area contributed by atoms with E-state index in [1.54, 1.807) is 18.2 Å². The minimum atomic E-state index is -0.489. The first-order valence-corrected chi connectivity index (χ1v) is 12.1. The van der Waals surface area contributed by atoms with Gasteiger partial charge in [0.25, 0.3) is 11.8 Å². The van der Waals surface area contributed by atoms with E-state index >= 15 is 0 Å². The largest absolute Gasteiger partial charge is 0.489 e. The molecule has 1 aliphatic carbocycles. The van der Waals surface area contributed by atoms with Crippen molar-refractivity contribution in [3.05, 3.63) is 81.7 Å². The van der Waals surface area contributed by atoms with Crippen molar-refractivity contribution in [2.24, 2.45) is 17.1 Å². The summed E-state index contributed by atoms with van der Waals surface area (Å²) in [4.78, 5) is 26.5. The van der Waals surface area contributed by atoms with Crippen LogP contribution in [0.1, 0.15) is 63.9 Å². The number of hydrogen-bond acceptors (Lipinski definition) is 4. The van der Waals surface area contributed by atoms with Gasteiger partial charge in [0.1, 0.15) is 17.4 Å². The first-order valence-electron chi connectivity index (χ1n) is 11.2. The maximum absolute atomic E-state index is 13.0. The van der Waals surface area contributed by atoms with Crippen LogP contribution in [0.2, 0.25) is 0 Å². The third-order valence-corrected chi connectivity index (χ3v) is 7.48. The fourth-order valence-corrected chi connectivity index (χ4v) is 5.64. The lowest BCUT2D eigenvalue weighted by Gasteiger charge is -2.33. The molecule has 6 heteroatoms. The van der Waals surface area contributed by atoms with Crippen molar-refractivity contribution >= 4 is 28.2 Å². The van der Waals surface area contributed by atoms with E-state index in [0.717, 1.165) is 35.3 Å². The summed E-state index contributed by atoms with van der Waals surface area (Å²) in [6.07, 6.45) is 2.73. The first kappa shape index (κ1) is 23.1. The highest BCUT2D eigenvalue weighted by atomic mass is 32.1. The van der Waals surface area contributed by atoms with E-state index in [-0.39, 0.29) is 11.3 Å². The predicted octanol–water partition coefficient (Wildman–Crippen LogP) is 5.83. The average molecular weight is 463 g/mol. The Morgan fingerprint density at radius 2 is 1.88 bits per heavy atom. The molecule has 0 saturated heterocycles. The predicted molar refractivity (Wildman–Crippen MR) is 133 cm³/mol. The molecule has 1 aliphatic rings. The molecule has 2 aromatic carbocycles. The molecule has 0 bridgehead atoms. The fourth-order valence-electron chi connectivity index (χ4n) is 4.32. The van der Waals surface area contributed by atoms with Crippen molar-refractivity contribution < 1.29 is 14.3 Å². The first-order chi connectivity index (χ1) is 15.7. The van der Waals surface area contributed by atoms with Crippen molar-refractivity contribution in [1.82, 2.24) is 0 Å². The zero-order chi connectivity index (χ0) is 23.6. The Morgan fingerprint density at radius 3 is 2.58 bits per heavy atom. The molecule has 33 heavy (non-hydrogen) atoms. The van der Waals surface area contributed by atoms with E-state index in [1.165, 1.54) is 11.3 Å². The van der Waals surface area contributed by atoms with Gasteiger partial charge in [-0.2, -0.15) is 0 Å². The maximum Gasteiger partial charge on any atom is 0.256 e. The summed E-state index contributed by atoms with van der Waals surface area (Å²) in [6.45, 7) is 7.17. The van der Waals surface area contributed by atoms with Crippen LogP contribution in [0.3, 0.4) is 0 Å². The number of carbonyl (C=O) groups is 2. The smallest absolute Gasteiger partial charge is 0.256 e. The number of amides is 2. The van der Waals surface area contributed by atoms with Gasteiger partial charge in [0, 0.05) is 10.4 Å². The summed E-state index contributed by atoms with van der Waals surface area (Å²) < 4.78 is 5.85. The summed E-state index contributed by atoms with van der Waals surface area (Å²) >= 11 is 1.48. The molecule has 5 nitrogen and oxygen atoms in total. The second-order valence-corrected chi connectivity index (χ2v) is 10.7. The van der Waals surface area contributed by atoms with Crippen molar-refractivity contribution in [1.29, 1.82) is 0 Å². The van der Waals surface area contributed by atoms with Crippen molar-refractivity contribution in [2.75, 3.05) is 5.32 Å². The average Bonchev–Trinajstić information content (AvgIpc) is 3.15. The van der Waals surface area contributed by atoms with Crippen LogP contribution in [-0.2, 0) is 19.4 Å². The van der Waals surface area contributed by atoms with Gasteiger partial charge in [0.05, 0.1) is 5.56 Å². The van der Waals surface area contributed by atoms with Crippen molar-refractivity contribution in [3.8, 4) is 5.75 Å². The second kappa shape index (κ2) is 9.40. The van der Waals surface area contributed by atoms with Gasteiger partial charge < -0.3 is 15.8 Å². The Balaban J connectivity index is 1.52. The van der Waals surface area contributed by atoms with Crippen LogP contribution in [0.4, 0.5) is 5.00 Å². The zero-order valence-electron chi connectivity index (χ0n) is 19.3. The molecule has 0 saturated carbocycles. The lowest BCUT2D eigenvalue weighted by atomic mass is 9.72. The third-order valence-electron chi connectivity index (χ3n) is 6.31. The minimum Gasteiger partial charge on any atom is -0.489 e. The Hall–Kier alpha value is -3.12. The van der Waals surface area contributed by atoms with Crippen LogP contribution in [0.25, 0.3) is 0 Å². The molecule has 1 unspecified atom stereocenters. The van der Waals surface area contributed by atoms with Crippen LogP contribution >= 0.6 is 11.3 Å². The van der Waals surface area contributed by atoms with Crippen LogP contribution in [0.5, 0.6) is 5.75 Å². The molecular formula is C27H30N2O3S. The molecule has 0 spiro atoms. The van der Waals surface area contributed by atoms with Crippen LogP contribution < -0.4 is 15.8 Å². The van der Waals surface area contributed by atoms with E-state index in [4.69, 9.17) is 10.5 Å². The summed E-state index contributed by atoms with van der Waals surface area (Å²) in [6, 6.07) is 16.9. The molecule has 3 N–H and O–H groups in total. The number of hydrogen-bond donors (Lipinski definition) is 2. The van der Waals surface area contributed by atoms with Gasteiger partial charge in [0.2, 0.25) is 0 Å². The monoisotopic (exact) mass is 462 g/mol. The minimum absolute atomic E-state index is 0.193. The zero-order valence-corrected chi connectivity index (χ0v) is 20.1. The fraction of sp³-hybridized carbons (Fsp3) is 0.333. The molecule has 1 atom stereocenters. The normalized spacial score (nSPS) is 15.5. The van der Waals surface area contributed by atoms with Gasteiger partial charge in [-0.15, -0.1) is 11.3 Å². The van der Waals surface area contributed by atoms with Crippen molar-refractivity contribution in [2.45, 2.75) is 46.6 Å². The number of carbonyl (C=O) groups excluding carboxylic acids is 2. The number of fused-ring (bicyclic) bond motifs is 1. The molecular weight excluding hydrogens is 432 g/mol. The van der Waals surface area contributed by atoms with Crippen LogP contribution in [0.15, 0.2) is 54.6 Å². The van der Waals surface area contributed by atoms with E-state index in [2.05, 4.69) is 26.1 Å². The molecule has 2 amide bonds. The quantitative estimate of drug-likeness (QED) is 0.484. The summed E-state index contributed by atoms with van der Waals surface area (Å²) in [5, 5.41) is 3.49. The Bertz CT molecular complexity index is 1160. The number of ether oxygens (including phenoxy) is 1. The number of nitrogens with one attached hydrogen (secondary N) is 1. The van der Waals surface area contributed by atoms with Gasteiger partial charge in [-0.25, -0.2) is 0 Å². The van der Waals surface area contributed by atoms with E-state index in [9.17, 15) is 9.59 Å². The number of rotatable bonds is 6. The van der Waals surface area contributed by atoms with E-state index in [1.807, 2.05) is 36.4 Å². The van der Waals surface area contributed by atoms with Gasteiger partial charge in [-0.05, 0) is 59.9 Å². The van der Waals surface area contributed by atoms with E-state index < -0.39 is 5.91 Å². The number of thiophene rings is 1. The summed E-state index contributed by atoms with van der Waals surface area (Å²) in [5.74, 6) is 0.372. The Morgan fingerprint density at radius 1 is 1.12 bits per heavy atom. The lowest BCUT2D eigenvalue weighted by molar-refractivity contribution is 0.1000. The molecule has 1 aromatic heterocycles. The van der Waals surface area contributed by atoms with Gasteiger partial charge in [-0.1, -0.05) is 57.2 Å². The number of benzene rings is 2. The van der Waals surface area contributed by atoms with Gasteiger partial charge in [-0.3, -0.25) is 9.59 Å². The molecule has 0 fully saturated rings. The molecule has 4 rings (SSSR count). The Kier molecular flexibility index (Phi) is 6.56. The standard InChI is InChI=1S/C27H30N2O3S/c1-27(2,3)19-12-13-21-22(15-19)33-26(23(21)24(28)30)29-25(31)18-10-7-11-20(14-18)32-16-17-8-5-4-6-9-17/h4-11,14,19H,12-13,15-16H2,1-3H3,(H2,28,30)(H,29,31). The third kappa shape index (κ3) is 5.28. The highest BCUT2D eigenvalue weighted by molar-refractivity contribution is 7.17. The molecule has 172 valence electrons. The number of anilines is 1. The second-order valence-electron chi connectivity index (χ2n) is 9.63. The number of nitrogens with two attached hydrogens (primary N) is 1. The molecule has 0 aliphatic heterocycles. The topological polar surface area (TPSA) is 81.4 Å². The highest BCUT2D eigenvalue weighted by Crippen LogP contribution is 2.44. The SMILES string of the molecule is CC(C)(C)C1CCc2c(sc(NC(=O)c3cccc(OCc4ccccc4)c3)c2C(N)=O)C1. The lowest BCUT2D eigenvalue weighted by Crippen LogP contribution is -2.27. The number of primary amides is 1.